The van der Waals surface area contributed by atoms with E-state index in [0.29, 0.717) is 0 Å². The average molecular weight is 274 g/mol. The molecule has 4 rings (SSSR count). The molecule has 2 aromatic rings. The molecule has 0 aromatic heterocycles. The van der Waals surface area contributed by atoms with Gasteiger partial charge in [0.1, 0.15) is 5.54 Å². The van der Waals surface area contributed by atoms with Gasteiger partial charge in [-0.2, -0.15) is 10.2 Å². The van der Waals surface area contributed by atoms with Crippen molar-refractivity contribution in [3.8, 4) is 0 Å². The van der Waals surface area contributed by atoms with Gasteiger partial charge >= 0.3 is 0 Å². The zero-order valence-electron chi connectivity index (χ0n) is 12.0. The van der Waals surface area contributed by atoms with Crippen LogP contribution in [0.15, 0.2) is 70.9 Å². The molecule has 1 fully saturated rings. The number of hydrogen-bond donors (Lipinski definition) is 0. The lowest BCUT2D eigenvalue weighted by Gasteiger charge is -2.23. The second-order valence-electron chi connectivity index (χ2n) is 5.89. The van der Waals surface area contributed by atoms with Gasteiger partial charge in [-0.25, -0.2) is 0 Å². The summed E-state index contributed by atoms with van der Waals surface area (Å²) in [5.74, 6) is 0. The van der Waals surface area contributed by atoms with Crippen molar-refractivity contribution in [2.24, 2.45) is 10.2 Å². The van der Waals surface area contributed by atoms with Gasteiger partial charge in [0.15, 0.2) is 0 Å². The highest BCUT2D eigenvalue weighted by Crippen LogP contribution is 2.51. The first-order chi connectivity index (χ1) is 10.4. The maximum Gasteiger partial charge on any atom is 0.110 e. The molecule has 1 saturated carbocycles. The summed E-state index contributed by atoms with van der Waals surface area (Å²) in [5.41, 5.74) is 4.75. The fourth-order valence-electron chi connectivity index (χ4n) is 3.58. The SMILES string of the molecule is c1ccc(C2=C(c3ccccc3)C3(CCCC3)N=N2)cc1. The zero-order valence-corrected chi connectivity index (χ0v) is 12.0. The summed E-state index contributed by atoms with van der Waals surface area (Å²) < 4.78 is 0. The van der Waals surface area contributed by atoms with E-state index in [9.17, 15) is 0 Å². The third kappa shape index (κ3) is 2.02. The van der Waals surface area contributed by atoms with Crippen molar-refractivity contribution in [2.75, 3.05) is 0 Å². The first kappa shape index (κ1) is 12.5. The second kappa shape index (κ2) is 4.96. The summed E-state index contributed by atoms with van der Waals surface area (Å²) in [7, 11) is 0. The highest BCUT2D eigenvalue weighted by Gasteiger charge is 2.43. The van der Waals surface area contributed by atoms with E-state index in [0.717, 1.165) is 18.5 Å². The third-order valence-corrected chi connectivity index (χ3v) is 4.58. The number of azo groups is 1. The van der Waals surface area contributed by atoms with Crippen LogP contribution in [0.2, 0.25) is 0 Å². The van der Waals surface area contributed by atoms with E-state index in [2.05, 4.69) is 59.7 Å². The fraction of sp³-hybridized carbons (Fsp3) is 0.263. The van der Waals surface area contributed by atoms with Gasteiger partial charge in [-0.1, -0.05) is 73.5 Å². The molecule has 104 valence electrons. The molecule has 2 nitrogen and oxygen atoms in total. The smallest absolute Gasteiger partial charge is 0.110 e. The van der Waals surface area contributed by atoms with Crippen LogP contribution in [0.25, 0.3) is 11.3 Å². The van der Waals surface area contributed by atoms with Crippen LogP contribution in [0.4, 0.5) is 0 Å². The molecule has 2 aliphatic rings. The van der Waals surface area contributed by atoms with Crippen molar-refractivity contribution in [3.05, 3.63) is 71.8 Å². The molecule has 2 aromatic carbocycles. The number of benzene rings is 2. The van der Waals surface area contributed by atoms with Crippen molar-refractivity contribution in [3.63, 3.8) is 0 Å². The number of hydrogen-bond acceptors (Lipinski definition) is 2. The summed E-state index contributed by atoms with van der Waals surface area (Å²) in [6, 6.07) is 21.1. The van der Waals surface area contributed by atoms with Gasteiger partial charge in [0.05, 0.1) is 5.70 Å². The topological polar surface area (TPSA) is 24.7 Å². The van der Waals surface area contributed by atoms with Crippen molar-refractivity contribution >= 4 is 11.3 Å². The lowest BCUT2D eigenvalue weighted by molar-refractivity contribution is 0.560. The Hall–Kier alpha value is -2.22. The van der Waals surface area contributed by atoms with E-state index < -0.39 is 0 Å². The van der Waals surface area contributed by atoms with Crippen molar-refractivity contribution in [1.29, 1.82) is 0 Å². The van der Waals surface area contributed by atoms with E-state index in [1.807, 2.05) is 6.07 Å². The van der Waals surface area contributed by atoms with Crippen LogP contribution in [-0.2, 0) is 0 Å². The maximum absolute atomic E-state index is 4.73. The van der Waals surface area contributed by atoms with Crippen LogP contribution in [-0.4, -0.2) is 5.54 Å². The Morgan fingerprint density at radius 3 is 1.90 bits per heavy atom. The average Bonchev–Trinajstić information content (AvgIpc) is 3.17. The van der Waals surface area contributed by atoms with E-state index in [1.54, 1.807) is 0 Å². The van der Waals surface area contributed by atoms with Crippen LogP contribution in [0.3, 0.4) is 0 Å². The molecule has 1 aliphatic carbocycles. The Balaban J connectivity index is 1.92. The van der Waals surface area contributed by atoms with Crippen molar-refractivity contribution in [1.82, 2.24) is 0 Å². The molecule has 0 N–H and O–H groups in total. The minimum atomic E-state index is -0.0769. The normalized spacial score (nSPS) is 19.6. The predicted octanol–water partition coefficient (Wildman–Crippen LogP) is 5.33. The first-order valence-electron chi connectivity index (χ1n) is 7.68. The maximum atomic E-state index is 4.73. The summed E-state index contributed by atoms with van der Waals surface area (Å²) in [6.07, 6.45) is 4.74. The lowest BCUT2D eigenvalue weighted by Crippen LogP contribution is -2.21. The standard InChI is InChI=1S/C19H18N2/c1-3-9-15(10-4-1)17-18(16-11-5-2-6-12-16)20-21-19(17)13-7-8-14-19/h1-6,9-12H,7-8,13-14H2. The summed E-state index contributed by atoms with van der Waals surface area (Å²) in [5, 5.41) is 9.34. The Morgan fingerprint density at radius 2 is 1.29 bits per heavy atom. The quantitative estimate of drug-likeness (QED) is 0.706. The van der Waals surface area contributed by atoms with Crippen LogP contribution in [0.1, 0.15) is 36.8 Å². The first-order valence-corrected chi connectivity index (χ1v) is 7.68. The monoisotopic (exact) mass is 274 g/mol. The van der Waals surface area contributed by atoms with Gasteiger partial charge in [-0.05, 0) is 18.4 Å². The summed E-state index contributed by atoms with van der Waals surface area (Å²) in [6.45, 7) is 0. The highest BCUT2D eigenvalue weighted by molar-refractivity contribution is 5.96. The van der Waals surface area contributed by atoms with Gasteiger partial charge in [-0.15, -0.1) is 0 Å². The molecule has 21 heavy (non-hydrogen) atoms. The van der Waals surface area contributed by atoms with E-state index in [4.69, 9.17) is 5.11 Å². The molecule has 2 heteroatoms. The molecule has 1 aliphatic heterocycles. The highest BCUT2D eigenvalue weighted by atomic mass is 15.2. The summed E-state index contributed by atoms with van der Waals surface area (Å²) >= 11 is 0. The Bertz CT molecular complexity index is 693. The molecule has 0 unspecified atom stereocenters. The zero-order chi connectivity index (χ0) is 14.1. The number of nitrogens with zero attached hydrogens (tertiary/aromatic N) is 2. The minimum Gasteiger partial charge on any atom is -0.177 e. The van der Waals surface area contributed by atoms with Crippen LogP contribution in [0.5, 0.6) is 0 Å². The predicted molar refractivity (Wildman–Crippen MR) is 85.8 cm³/mol. The van der Waals surface area contributed by atoms with Crippen molar-refractivity contribution in [2.45, 2.75) is 31.2 Å². The molecule has 0 radical (unpaired) electrons. The molecule has 0 atom stereocenters. The van der Waals surface area contributed by atoms with E-state index in [1.165, 1.54) is 29.5 Å². The molecule has 0 bridgehead atoms. The Labute approximate surface area is 125 Å². The molecule has 0 saturated heterocycles. The molecule has 1 spiro atoms. The lowest BCUT2D eigenvalue weighted by atomic mass is 9.82. The van der Waals surface area contributed by atoms with Gasteiger partial charge in [0.25, 0.3) is 0 Å². The van der Waals surface area contributed by atoms with Crippen molar-refractivity contribution < 1.29 is 0 Å². The minimum absolute atomic E-state index is 0.0769. The Morgan fingerprint density at radius 1 is 0.714 bits per heavy atom. The number of rotatable bonds is 2. The molecule has 0 amide bonds. The second-order valence-corrected chi connectivity index (χ2v) is 5.89. The van der Waals surface area contributed by atoms with E-state index in [-0.39, 0.29) is 5.54 Å². The third-order valence-electron chi connectivity index (χ3n) is 4.58. The Kier molecular flexibility index (Phi) is 2.95. The van der Waals surface area contributed by atoms with Gasteiger partial charge in [0.2, 0.25) is 0 Å². The molecular weight excluding hydrogens is 256 g/mol. The fourth-order valence-corrected chi connectivity index (χ4v) is 3.58. The molecular formula is C19H18N2. The van der Waals surface area contributed by atoms with Gasteiger partial charge < -0.3 is 0 Å². The van der Waals surface area contributed by atoms with Gasteiger partial charge in [0, 0.05) is 11.1 Å². The molecule has 1 heterocycles. The van der Waals surface area contributed by atoms with Crippen LogP contribution in [0, 0.1) is 0 Å². The van der Waals surface area contributed by atoms with Crippen LogP contribution >= 0.6 is 0 Å². The van der Waals surface area contributed by atoms with Crippen LogP contribution < -0.4 is 0 Å². The van der Waals surface area contributed by atoms with E-state index >= 15 is 0 Å². The van der Waals surface area contributed by atoms with Gasteiger partial charge in [-0.3, -0.25) is 0 Å². The summed E-state index contributed by atoms with van der Waals surface area (Å²) in [4.78, 5) is 0. The largest absolute Gasteiger partial charge is 0.177 e.